The van der Waals surface area contributed by atoms with Crippen molar-refractivity contribution in [3.8, 4) is 39.1 Å². The molecule has 0 N–H and O–H groups in total. The summed E-state index contributed by atoms with van der Waals surface area (Å²) >= 11 is 0. The molecule has 0 aliphatic heterocycles. The highest BCUT2D eigenvalue weighted by Crippen LogP contribution is 2.54. The molecule has 0 radical (unpaired) electrons. The van der Waals surface area contributed by atoms with E-state index in [4.69, 9.17) is 14.4 Å². The number of rotatable bonds is 6. The molecule has 9 aromatic carbocycles. The third-order valence-corrected chi connectivity index (χ3v) is 15.0. The lowest BCUT2D eigenvalue weighted by molar-refractivity contribution is 0.660. The quantitative estimate of drug-likeness (QED) is 0.121. The smallest absolute Gasteiger partial charge is 0.161 e. The number of aromatic nitrogens is 1. The fraction of sp³-hybridized carbons (Fsp3) is 0.109. The van der Waals surface area contributed by atoms with Crippen LogP contribution in [0.15, 0.2) is 214 Å². The van der Waals surface area contributed by atoms with Crippen molar-refractivity contribution in [1.82, 2.24) is 4.57 Å². The van der Waals surface area contributed by atoms with Gasteiger partial charge in [0.05, 0.1) is 17.6 Å². The molecule has 0 bridgehead atoms. The number of hydrogen-bond acceptors (Lipinski definition) is 2. The maximum atomic E-state index is 6.86. The number of fused-ring (bicyclic) bond motifs is 12. The van der Waals surface area contributed by atoms with Crippen LogP contribution in [0.25, 0.3) is 82.8 Å². The van der Waals surface area contributed by atoms with E-state index in [-0.39, 0.29) is 10.8 Å². The Balaban J connectivity index is 0.959. The second-order valence-corrected chi connectivity index (χ2v) is 19.6. The Kier molecular flexibility index (Phi) is 9.06. The van der Waals surface area contributed by atoms with Gasteiger partial charge in [0.1, 0.15) is 11.2 Å². The molecule has 2 aliphatic carbocycles. The predicted octanol–water partition coefficient (Wildman–Crippen LogP) is 16.1. The average molecular weight is 889 g/mol. The van der Waals surface area contributed by atoms with Gasteiger partial charge >= 0.3 is 0 Å². The second-order valence-electron chi connectivity index (χ2n) is 19.6. The Morgan fingerprint density at radius 2 is 1.06 bits per heavy atom. The van der Waals surface area contributed by atoms with Crippen LogP contribution in [0.2, 0.25) is 0 Å². The molecular weight excluding hydrogens is 841 g/mol. The highest BCUT2D eigenvalue weighted by atomic mass is 16.3. The fourth-order valence-electron chi connectivity index (χ4n) is 11.5. The zero-order valence-electron chi connectivity index (χ0n) is 39.1. The maximum Gasteiger partial charge on any atom is 0.161 e. The normalized spacial score (nSPS) is 14.6. The van der Waals surface area contributed by atoms with Gasteiger partial charge in [-0.2, -0.15) is 0 Å². The van der Waals surface area contributed by atoms with Crippen LogP contribution in [0.1, 0.15) is 66.6 Å². The molecule has 2 heterocycles. The zero-order chi connectivity index (χ0) is 46.6. The molecule has 0 saturated carbocycles. The van der Waals surface area contributed by atoms with Crippen LogP contribution in [0.4, 0.5) is 0 Å². The van der Waals surface area contributed by atoms with Gasteiger partial charge in [0.25, 0.3) is 0 Å². The Bertz CT molecular complexity index is 3870. The van der Waals surface area contributed by atoms with Crippen LogP contribution in [-0.2, 0) is 17.4 Å². The SMILES string of the molecule is C=N/C(=N\C(=N/Cc1ccccc1)c1ccccc1)c1cccc(-c2cccc3c2oc2ccc(-n4c5cc6c(cc5c5cc7c(cc54)C(C)(C)c4ccccc4-7)-c4ccccc4C6(C)C)cc23)c1. The largest absolute Gasteiger partial charge is 0.455 e. The van der Waals surface area contributed by atoms with Gasteiger partial charge < -0.3 is 8.98 Å². The molecule has 0 unspecified atom stereocenters. The van der Waals surface area contributed by atoms with E-state index in [1.807, 2.05) is 60.7 Å². The topological polar surface area (TPSA) is 55.1 Å². The number of para-hydroxylation sites is 1. The number of amidine groups is 2. The Hall–Kier alpha value is -8.41. The summed E-state index contributed by atoms with van der Waals surface area (Å²) in [5.74, 6) is 1.10. The molecule has 0 saturated heterocycles. The summed E-state index contributed by atoms with van der Waals surface area (Å²) in [6.07, 6.45) is 0. The highest BCUT2D eigenvalue weighted by molar-refractivity contribution is 6.16. The van der Waals surface area contributed by atoms with Crippen molar-refractivity contribution in [2.24, 2.45) is 15.0 Å². The molecule has 13 rings (SSSR count). The summed E-state index contributed by atoms with van der Waals surface area (Å²) in [6, 6.07) is 69.5. The number of hydrogen-bond donors (Lipinski definition) is 0. The minimum atomic E-state index is -0.142. The van der Waals surface area contributed by atoms with E-state index in [0.717, 1.165) is 55.4 Å². The van der Waals surface area contributed by atoms with Crippen molar-refractivity contribution in [1.29, 1.82) is 0 Å². The van der Waals surface area contributed by atoms with Gasteiger partial charge in [-0.15, -0.1) is 0 Å². The van der Waals surface area contributed by atoms with Crippen molar-refractivity contribution in [3.63, 3.8) is 0 Å². The molecule has 0 amide bonds. The van der Waals surface area contributed by atoms with Crippen molar-refractivity contribution in [2.45, 2.75) is 45.1 Å². The maximum absolute atomic E-state index is 6.86. The van der Waals surface area contributed by atoms with E-state index >= 15 is 0 Å². The molecule has 69 heavy (non-hydrogen) atoms. The summed E-state index contributed by atoms with van der Waals surface area (Å²) in [6.45, 7) is 13.9. The molecule has 2 aromatic heterocycles. The summed E-state index contributed by atoms with van der Waals surface area (Å²) in [7, 11) is 0. The minimum absolute atomic E-state index is 0.142. The van der Waals surface area contributed by atoms with E-state index in [1.54, 1.807) is 0 Å². The molecule has 2 aliphatic rings. The first-order chi connectivity index (χ1) is 33.7. The summed E-state index contributed by atoms with van der Waals surface area (Å²) in [5.41, 5.74) is 20.5. The van der Waals surface area contributed by atoms with E-state index in [0.29, 0.717) is 18.2 Å². The van der Waals surface area contributed by atoms with Crippen LogP contribution in [-0.4, -0.2) is 23.0 Å². The molecule has 5 heteroatoms. The Labute approximate surface area is 401 Å². The summed E-state index contributed by atoms with van der Waals surface area (Å²) in [4.78, 5) is 14.5. The van der Waals surface area contributed by atoms with E-state index < -0.39 is 0 Å². The molecule has 11 aromatic rings. The van der Waals surface area contributed by atoms with Crippen molar-refractivity contribution >= 4 is 62.1 Å². The summed E-state index contributed by atoms with van der Waals surface area (Å²) in [5, 5.41) is 4.64. The third-order valence-electron chi connectivity index (χ3n) is 15.0. The molecule has 5 nitrogen and oxygen atoms in total. The van der Waals surface area contributed by atoms with Gasteiger partial charge in [-0.05, 0) is 111 Å². The van der Waals surface area contributed by atoms with Gasteiger partial charge in [-0.1, -0.05) is 173 Å². The van der Waals surface area contributed by atoms with Gasteiger partial charge in [0.15, 0.2) is 11.7 Å². The van der Waals surface area contributed by atoms with Gasteiger partial charge in [0, 0.05) is 54.8 Å². The zero-order valence-corrected chi connectivity index (χ0v) is 39.1. The lowest BCUT2D eigenvalue weighted by Crippen LogP contribution is -2.15. The molecule has 0 atom stereocenters. The summed E-state index contributed by atoms with van der Waals surface area (Å²) < 4.78 is 9.37. The van der Waals surface area contributed by atoms with Crippen molar-refractivity contribution < 1.29 is 4.42 Å². The minimum Gasteiger partial charge on any atom is -0.455 e. The van der Waals surface area contributed by atoms with Crippen LogP contribution in [0, 0.1) is 0 Å². The molecule has 330 valence electrons. The van der Waals surface area contributed by atoms with Gasteiger partial charge in [-0.25, -0.2) is 9.98 Å². The second kappa shape index (κ2) is 15.3. The molecule has 0 spiro atoms. The first-order valence-electron chi connectivity index (χ1n) is 23.8. The van der Waals surface area contributed by atoms with Gasteiger partial charge in [0.2, 0.25) is 0 Å². The first-order valence-corrected chi connectivity index (χ1v) is 23.8. The third kappa shape index (κ3) is 6.27. The number of aliphatic imine (C=N–C) groups is 3. The lowest BCUT2D eigenvalue weighted by atomic mass is 9.82. The van der Waals surface area contributed by atoms with Crippen molar-refractivity contribution in [3.05, 3.63) is 233 Å². The highest BCUT2D eigenvalue weighted by Gasteiger charge is 2.38. The van der Waals surface area contributed by atoms with Crippen LogP contribution < -0.4 is 0 Å². The molecule has 0 fully saturated rings. The molecular formula is C64H48N4O. The number of nitrogens with zero attached hydrogens (tertiary/aromatic N) is 4. The van der Waals surface area contributed by atoms with Crippen molar-refractivity contribution in [2.75, 3.05) is 0 Å². The Morgan fingerprint density at radius 3 is 1.71 bits per heavy atom. The first kappa shape index (κ1) is 40.8. The van der Waals surface area contributed by atoms with E-state index in [2.05, 4.69) is 177 Å². The van der Waals surface area contributed by atoms with E-state index in [1.165, 1.54) is 66.3 Å². The standard InChI is InChI=1S/C64H48N4O/c1-63(2)53-28-14-12-24-45(53)48-34-50-51-35-49-46-25-13-15-29-54(46)64(3,4)56(49)37-58(51)68(57(50)36-55(48)63)43-30-31-59-52(33-43)47-27-17-26-44(60(47)69-59)41-22-16-23-42(32-41)61(65-5)67-62(40-20-10-7-11-21-40)66-38-39-18-8-6-9-19-39/h6-37H,5,38H2,1-4H3/b66-62-,67-61-. The average Bonchev–Trinajstić information content (AvgIpc) is 4.06. The number of benzene rings is 9. The predicted molar refractivity (Wildman–Crippen MR) is 288 cm³/mol. The van der Waals surface area contributed by atoms with Crippen LogP contribution in [0.3, 0.4) is 0 Å². The van der Waals surface area contributed by atoms with Gasteiger partial charge in [-0.3, -0.25) is 4.99 Å². The lowest BCUT2D eigenvalue weighted by Gasteiger charge is -2.22. The van der Waals surface area contributed by atoms with Crippen LogP contribution >= 0.6 is 0 Å². The van der Waals surface area contributed by atoms with Crippen LogP contribution in [0.5, 0.6) is 0 Å². The monoisotopic (exact) mass is 888 g/mol. The fourth-order valence-corrected chi connectivity index (χ4v) is 11.5. The Morgan fingerprint density at radius 1 is 0.478 bits per heavy atom. The van der Waals surface area contributed by atoms with E-state index in [9.17, 15) is 0 Å². The number of furan rings is 1.